The van der Waals surface area contributed by atoms with Crippen LogP contribution in [0.15, 0.2) is 36.5 Å². The van der Waals surface area contributed by atoms with E-state index in [-0.39, 0.29) is 17.8 Å². The lowest BCUT2D eigenvalue weighted by Gasteiger charge is -2.21. The average molecular weight is 498 g/mol. The Morgan fingerprint density at radius 2 is 2.14 bits per heavy atom. The summed E-state index contributed by atoms with van der Waals surface area (Å²) in [6.07, 6.45) is 1.61. The quantitative estimate of drug-likeness (QED) is 0.392. The molecule has 0 bridgehead atoms. The molecule has 9 heteroatoms. The lowest BCUT2D eigenvalue weighted by Crippen LogP contribution is -2.43. The van der Waals surface area contributed by atoms with E-state index in [1.165, 1.54) is 13.0 Å². The van der Waals surface area contributed by atoms with Gasteiger partial charge in [-0.15, -0.1) is 0 Å². The molecule has 0 aliphatic carbocycles. The van der Waals surface area contributed by atoms with E-state index < -0.39 is 23.9 Å². The molecular weight excluding hydrogens is 478 g/mol. The molecular formula is C19H20FIN4O3. The first-order valence-electron chi connectivity index (χ1n) is 8.50. The first-order valence-corrected chi connectivity index (χ1v) is 9.58. The Morgan fingerprint density at radius 1 is 1.39 bits per heavy atom. The van der Waals surface area contributed by atoms with Crippen molar-refractivity contribution in [2.45, 2.75) is 12.5 Å². The summed E-state index contributed by atoms with van der Waals surface area (Å²) >= 11 is 2.02. The number of fused-ring (bicyclic) bond motifs is 1. The number of anilines is 2. The molecule has 1 atom stereocenters. The van der Waals surface area contributed by atoms with Crippen molar-refractivity contribution in [3.05, 3.63) is 51.5 Å². The van der Waals surface area contributed by atoms with Crippen LogP contribution in [0.25, 0.3) is 11.0 Å². The van der Waals surface area contributed by atoms with Crippen molar-refractivity contribution >= 4 is 51.0 Å². The van der Waals surface area contributed by atoms with Crippen LogP contribution in [0.4, 0.5) is 15.9 Å². The molecule has 2 heterocycles. The predicted molar refractivity (Wildman–Crippen MR) is 113 cm³/mol. The van der Waals surface area contributed by atoms with Crippen molar-refractivity contribution in [3.63, 3.8) is 0 Å². The molecule has 28 heavy (non-hydrogen) atoms. The monoisotopic (exact) mass is 498 g/mol. The minimum Gasteiger partial charge on any atom is -0.393 e. The molecule has 0 aliphatic heterocycles. The number of pyridine rings is 1. The van der Waals surface area contributed by atoms with Gasteiger partial charge in [-0.05, 0) is 59.8 Å². The van der Waals surface area contributed by atoms with E-state index in [1.807, 2.05) is 22.6 Å². The smallest absolute Gasteiger partial charge is 0.255 e. The van der Waals surface area contributed by atoms with Crippen LogP contribution in [0, 0.1) is 9.39 Å². The first-order chi connectivity index (χ1) is 13.2. The molecule has 148 valence electrons. The molecule has 1 unspecified atom stereocenters. The van der Waals surface area contributed by atoms with Gasteiger partial charge in [0.1, 0.15) is 22.9 Å². The summed E-state index contributed by atoms with van der Waals surface area (Å²) in [6, 6.07) is 8.20. The Labute approximate surface area is 174 Å². The third kappa shape index (κ3) is 4.10. The van der Waals surface area contributed by atoms with E-state index in [1.54, 1.807) is 42.1 Å². The van der Waals surface area contributed by atoms with Gasteiger partial charge in [0, 0.05) is 28.7 Å². The van der Waals surface area contributed by atoms with Crippen LogP contribution >= 0.6 is 22.6 Å². The molecule has 0 radical (unpaired) electrons. The second kappa shape index (κ2) is 8.02. The van der Waals surface area contributed by atoms with E-state index in [4.69, 9.17) is 0 Å². The summed E-state index contributed by atoms with van der Waals surface area (Å²) in [5.74, 6) is -0.546. The molecule has 7 nitrogen and oxygen atoms in total. The number of hydrogen-bond acceptors (Lipinski definition) is 5. The minimum atomic E-state index is -1.45. The SMILES string of the molecule is Cn1c(Nc2ccc(I)cc2F)c(C(=O)NCC(C)(O)CO)c2cccnc21. The Balaban J connectivity index is 2.05. The Kier molecular flexibility index (Phi) is 5.87. The highest BCUT2D eigenvalue weighted by molar-refractivity contribution is 14.1. The van der Waals surface area contributed by atoms with Crippen LogP contribution in [-0.4, -0.2) is 44.4 Å². The van der Waals surface area contributed by atoms with Crippen molar-refractivity contribution < 1.29 is 19.4 Å². The Bertz CT molecular complexity index is 1040. The second-order valence-corrected chi connectivity index (χ2v) is 7.99. The Hall–Kier alpha value is -2.24. The number of rotatable bonds is 6. The van der Waals surface area contributed by atoms with Gasteiger partial charge in [-0.3, -0.25) is 4.79 Å². The number of nitrogens with zero attached hydrogens (tertiary/aromatic N) is 2. The summed E-state index contributed by atoms with van der Waals surface area (Å²) in [4.78, 5) is 17.2. The van der Waals surface area contributed by atoms with Crippen LogP contribution < -0.4 is 10.6 Å². The van der Waals surface area contributed by atoms with E-state index >= 15 is 0 Å². The zero-order valence-electron chi connectivity index (χ0n) is 15.3. The number of benzene rings is 1. The molecule has 3 aromatic rings. The van der Waals surface area contributed by atoms with Crippen molar-refractivity contribution in [1.82, 2.24) is 14.9 Å². The molecule has 2 aromatic heterocycles. The van der Waals surface area contributed by atoms with Gasteiger partial charge in [-0.1, -0.05) is 0 Å². The maximum atomic E-state index is 14.4. The molecule has 0 spiro atoms. The number of aliphatic hydroxyl groups excluding tert-OH is 1. The van der Waals surface area contributed by atoms with Gasteiger partial charge in [-0.2, -0.15) is 0 Å². The fourth-order valence-electron chi connectivity index (χ4n) is 2.77. The highest BCUT2D eigenvalue weighted by Crippen LogP contribution is 2.31. The van der Waals surface area contributed by atoms with E-state index in [0.29, 0.717) is 16.9 Å². The number of hydrogen-bond donors (Lipinski definition) is 4. The van der Waals surface area contributed by atoms with Gasteiger partial charge < -0.3 is 25.4 Å². The normalized spacial score (nSPS) is 13.4. The van der Waals surface area contributed by atoms with E-state index in [9.17, 15) is 19.4 Å². The molecule has 0 fully saturated rings. The predicted octanol–water partition coefficient (Wildman–Crippen LogP) is 2.53. The van der Waals surface area contributed by atoms with Crippen LogP contribution in [0.3, 0.4) is 0 Å². The van der Waals surface area contributed by atoms with Crippen LogP contribution in [0.1, 0.15) is 17.3 Å². The van der Waals surface area contributed by atoms with Gasteiger partial charge in [0.2, 0.25) is 0 Å². The molecule has 1 amide bonds. The highest BCUT2D eigenvalue weighted by atomic mass is 127. The fraction of sp³-hybridized carbons (Fsp3) is 0.263. The minimum absolute atomic E-state index is 0.143. The number of aromatic nitrogens is 2. The standard InChI is InChI=1S/C19H20FIN4O3/c1-19(28,10-26)9-23-18(27)15-12-4-3-7-22-16(12)25(2)17(15)24-14-6-5-11(21)8-13(14)20/h3-8,24,26,28H,9-10H2,1-2H3,(H,23,27). The molecule has 1 aromatic carbocycles. The summed E-state index contributed by atoms with van der Waals surface area (Å²) in [7, 11) is 1.73. The van der Waals surface area contributed by atoms with Crippen LogP contribution in [0.5, 0.6) is 0 Å². The third-order valence-electron chi connectivity index (χ3n) is 4.33. The number of carbonyl (C=O) groups is 1. The molecule has 0 aliphatic rings. The van der Waals surface area contributed by atoms with Gasteiger partial charge in [0.05, 0.1) is 17.9 Å². The van der Waals surface area contributed by atoms with Crippen LogP contribution in [-0.2, 0) is 7.05 Å². The number of aliphatic hydroxyl groups is 2. The van der Waals surface area contributed by atoms with Gasteiger partial charge in [-0.25, -0.2) is 9.37 Å². The van der Waals surface area contributed by atoms with E-state index in [0.717, 1.165) is 3.57 Å². The Morgan fingerprint density at radius 3 is 2.82 bits per heavy atom. The van der Waals surface area contributed by atoms with Crippen molar-refractivity contribution in [2.24, 2.45) is 7.05 Å². The van der Waals surface area contributed by atoms with Crippen molar-refractivity contribution in [3.8, 4) is 0 Å². The van der Waals surface area contributed by atoms with Crippen LogP contribution in [0.2, 0.25) is 0 Å². The number of amides is 1. The third-order valence-corrected chi connectivity index (χ3v) is 5.00. The van der Waals surface area contributed by atoms with Gasteiger partial charge >= 0.3 is 0 Å². The van der Waals surface area contributed by atoms with Gasteiger partial charge in [0.25, 0.3) is 5.91 Å². The van der Waals surface area contributed by atoms with E-state index in [2.05, 4.69) is 15.6 Å². The molecule has 3 rings (SSSR count). The summed E-state index contributed by atoms with van der Waals surface area (Å²) in [5.41, 5.74) is -0.399. The maximum Gasteiger partial charge on any atom is 0.255 e. The number of carbonyl (C=O) groups excluding carboxylic acids is 1. The maximum absolute atomic E-state index is 14.4. The number of aryl methyl sites for hydroxylation is 1. The number of nitrogens with one attached hydrogen (secondary N) is 2. The fourth-order valence-corrected chi connectivity index (χ4v) is 3.22. The summed E-state index contributed by atoms with van der Waals surface area (Å²) in [6.45, 7) is 0.776. The molecule has 4 N–H and O–H groups in total. The average Bonchev–Trinajstić information content (AvgIpc) is 2.94. The topological polar surface area (TPSA) is 99.4 Å². The highest BCUT2D eigenvalue weighted by Gasteiger charge is 2.25. The zero-order chi connectivity index (χ0) is 20.5. The largest absolute Gasteiger partial charge is 0.393 e. The molecule has 0 saturated heterocycles. The summed E-state index contributed by atoms with van der Waals surface area (Å²) in [5, 5.41) is 25.3. The van der Waals surface area contributed by atoms with Crippen molar-refractivity contribution in [1.29, 1.82) is 0 Å². The zero-order valence-corrected chi connectivity index (χ0v) is 17.5. The van der Waals surface area contributed by atoms with Gasteiger partial charge in [0.15, 0.2) is 0 Å². The number of halogens is 2. The molecule has 0 saturated carbocycles. The first kappa shape index (κ1) is 20.5. The van der Waals surface area contributed by atoms with Crippen molar-refractivity contribution in [2.75, 3.05) is 18.5 Å². The lowest BCUT2D eigenvalue weighted by molar-refractivity contribution is 0.00322. The second-order valence-electron chi connectivity index (χ2n) is 6.74. The lowest BCUT2D eigenvalue weighted by atomic mass is 10.1. The summed E-state index contributed by atoms with van der Waals surface area (Å²) < 4.78 is 16.8.